The van der Waals surface area contributed by atoms with E-state index in [1.165, 1.54) is 14.2 Å². The molecule has 9 heavy (non-hydrogen) atoms. The van der Waals surface area contributed by atoms with Crippen molar-refractivity contribution in [1.29, 1.82) is 0 Å². The summed E-state index contributed by atoms with van der Waals surface area (Å²) in [4.78, 5) is 17.9. The third-order valence-corrected chi connectivity index (χ3v) is 0.192. The van der Waals surface area contributed by atoms with Crippen LogP contribution in [0.3, 0.4) is 0 Å². The van der Waals surface area contributed by atoms with E-state index in [1.54, 1.807) is 0 Å². The maximum atomic E-state index is 8.95. The lowest BCUT2D eigenvalue weighted by Gasteiger charge is -1.67. The molecular formula is C5H12O4. The number of rotatable bonds is 2. The highest BCUT2D eigenvalue weighted by Crippen LogP contribution is 1.35. The molecule has 0 aliphatic rings. The molecule has 0 saturated heterocycles. The van der Waals surface area contributed by atoms with Crippen LogP contribution >= 0.6 is 0 Å². The molecule has 0 bridgehead atoms. The molecule has 0 aromatic rings. The first kappa shape index (κ1) is 15.7. The van der Waals surface area contributed by atoms with Crippen molar-refractivity contribution in [1.82, 2.24) is 0 Å². The Kier molecular flexibility index (Phi) is 49.3. The first-order valence-corrected chi connectivity index (χ1v) is 1.76. The average molecular weight is 136 g/mol. The molecule has 0 heterocycles. The average Bonchev–Trinajstić information content (AvgIpc) is 1.88. The number of methoxy groups -OCH3 is 2. The fourth-order valence-electron chi connectivity index (χ4n) is 0. The molecule has 0 radical (unpaired) electrons. The molecule has 0 aliphatic heterocycles. The summed E-state index contributed by atoms with van der Waals surface area (Å²) in [7, 11) is 2.62. The lowest BCUT2D eigenvalue weighted by Crippen LogP contribution is -1.68. The smallest absolute Gasteiger partial charge is 0.292 e. The van der Waals surface area contributed by atoms with E-state index in [2.05, 4.69) is 9.47 Å². The van der Waals surface area contributed by atoms with Crippen molar-refractivity contribution in [2.75, 3.05) is 14.2 Å². The van der Waals surface area contributed by atoms with Gasteiger partial charge in [0.15, 0.2) is 0 Å². The molecule has 4 nitrogen and oxygen atoms in total. The second-order valence-corrected chi connectivity index (χ2v) is 0.664. The summed E-state index contributed by atoms with van der Waals surface area (Å²) < 4.78 is 7.72. The molecule has 0 aliphatic carbocycles. The number of carbonyl (C=O) groups is 2. The largest absolute Gasteiger partial charge is 0.471 e. The molecule has 0 saturated carbocycles. The molecule has 0 rings (SSSR count). The van der Waals surface area contributed by atoms with Crippen LogP contribution < -0.4 is 0 Å². The van der Waals surface area contributed by atoms with Gasteiger partial charge in [-0.15, -0.1) is 0 Å². The van der Waals surface area contributed by atoms with Gasteiger partial charge < -0.3 is 9.47 Å². The monoisotopic (exact) mass is 136 g/mol. The Labute approximate surface area is 54.8 Å². The van der Waals surface area contributed by atoms with E-state index in [-0.39, 0.29) is 7.43 Å². The van der Waals surface area contributed by atoms with Gasteiger partial charge in [-0.2, -0.15) is 0 Å². The summed E-state index contributed by atoms with van der Waals surface area (Å²) in [5.41, 5.74) is 0. The zero-order chi connectivity index (χ0) is 6.83. The van der Waals surface area contributed by atoms with Gasteiger partial charge in [0, 0.05) is 0 Å². The van der Waals surface area contributed by atoms with Crippen LogP contribution in [0.25, 0.3) is 0 Å². The van der Waals surface area contributed by atoms with Gasteiger partial charge in [-0.1, -0.05) is 7.43 Å². The van der Waals surface area contributed by atoms with E-state index >= 15 is 0 Å². The van der Waals surface area contributed by atoms with Crippen molar-refractivity contribution in [2.45, 2.75) is 7.43 Å². The van der Waals surface area contributed by atoms with Crippen LogP contribution in [-0.4, -0.2) is 27.2 Å². The van der Waals surface area contributed by atoms with Gasteiger partial charge in [-0.3, -0.25) is 9.59 Å². The molecule has 56 valence electrons. The van der Waals surface area contributed by atoms with E-state index in [0.29, 0.717) is 12.9 Å². The van der Waals surface area contributed by atoms with Gasteiger partial charge in [-0.25, -0.2) is 0 Å². The third kappa shape index (κ3) is 192. The van der Waals surface area contributed by atoms with Gasteiger partial charge in [0.2, 0.25) is 0 Å². The Balaban J connectivity index is -0.0000000720. The minimum atomic E-state index is 0. The lowest BCUT2D eigenvalue weighted by molar-refractivity contribution is -0.126. The van der Waals surface area contributed by atoms with Gasteiger partial charge in [0.05, 0.1) is 14.2 Å². The molecule has 4 heteroatoms. The van der Waals surface area contributed by atoms with Gasteiger partial charge in [0.1, 0.15) is 0 Å². The topological polar surface area (TPSA) is 52.6 Å². The quantitative estimate of drug-likeness (QED) is 0.509. The molecule has 0 N–H and O–H groups in total. The predicted molar refractivity (Wildman–Crippen MR) is 32.9 cm³/mol. The summed E-state index contributed by atoms with van der Waals surface area (Å²) >= 11 is 0. The molecule has 0 fully saturated rings. The molecular weight excluding hydrogens is 124 g/mol. The highest BCUT2D eigenvalue weighted by Gasteiger charge is 1.44. The van der Waals surface area contributed by atoms with Crippen LogP contribution in [0.5, 0.6) is 0 Å². The second-order valence-electron chi connectivity index (χ2n) is 0.664. The van der Waals surface area contributed by atoms with Crippen LogP contribution in [-0.2, 0) is 19.1 Å². The van der Waals surface area contributed by atoms with E-state index in [9.17, 15) is 0 Å². The minimum Gasteiger partial charge on any atom is -0.471 e. The van der Waals surface area contributed by atoms with Crippen LogP contribution in [0.1, 0.15) is 7.43 Å². The Bertz CT molecular complexity index is 44.9. The maximum absolute atomic E-state index is 8.95. The number of carbonyl (C=O) groups excluding carboxylic acids is 2. The highest BCUT2D eigenvalue weighted by molar-refractivity contribution is 5.36. The first-order valence-electron chi connectivity index (χ1n) is 1.76. The van der Waals surface area contributed by atoms with Crippen molar-refractivity contribution in [3.63, 3.8) is 0 Å². The standard InChI is InChI=1S/2C2H4O2.CH4/c2*1-4-2-3;/h2*2H,1H3;1H4. The van der Waals surface area contributed by atoms with Crippen molar-refractivity contribution >= 4 is 12.9 Å². The first-order chi connectivity index (χ1) is 3.83. The van der Waals surface area contributed by atoms with Gasteiger partial charge >= 0.3 is 0 Å². The summed E-state index contributed by atoms with van der Waals surface area (Å²) in [5, 5.41) is 0. The van der Waals surface area contributed by atoms with Crippen LogP contribution in [0.2, 0.25) is 0 Å². The fraction of sp³-hybridized carbons (Fsp3) is 0.600. The third-order valence-electron chi connectivity index (χ3n) is 0.192. The molecule has 0 spiro atoms. The van der Waals surface area contributed by atoms with Crippen LogP contribution in [0.15, 0.2) is 0 Å². The Morgan fingerprint density at radius 3 is 1.11 bits per heavy atom. The molecule has 0 aromatic carbocycles. The normalized spacial score (nSPS) is 4.67. The number of hydrogen-bond donors (Lipinski definition) is 0. The molecule has 0 unspecified atom stereocenters. The Morgan fingerprint density at radius 2 is 1.11 bits per heavy atom. The summed E-state index contributed by atoms with van der Waals surface area (Å²) in [6.07, 6.45) is 0. The van der Waals surface area contributed by atoms with Crippen molar-refractivity contribution in [3.05, 3.63) is 0 Å². The maximum Gasteiger partial charge on any atom is 0.292 e. The van der Waals surface area contributed by atoms with Crippen LogP contribution in [0, 0.1) is 0 Å². The predicted octanol–water partition coefficient (Wildman–Crippen LogP) is 0.214. The van der Waals surface area contributed by atoms with E-state index in [0.717, 1.165) is 0 Å². The Hall–Kier alpha value is -1.06. The summed E-state index contributed by atoms with van der Waals surface area (Å²) in [6, 6.07) is 0. The van der Waals surface area contributed by atoms with Gasteiger partial charge in [0.25, 0.3) is 12.9 Å². The van der Waals surface area contributed by atoms with E-state index < -0.39 is 0 Å². The van der Waals surface area contributed by atoms with Crippen LogP contribution in [0.4, 0.5) is 0 Å². The van der Waals surface area contributed by atoms with Gasteiger partial charge in [-0.05, 0) is 0 Å². The summed E-state index contributed by atoms with van der Waals surface area (Å²) in [6.45, 7) is 0.750. The SMILES string of the molecule is C.COC=O.COC=O. The Morgan fingerprint density at radius 1 is 1.00 bits per heavy atom. The number of ether oxygens (including phenoxy) is 2. The minimum absolute atomic E-state index is 0. The number of hydrogen-bond acceptors (Lipinski definition) is 4. The van der Waals surface area contributed by atoms with Crippen molar-refractivity contribution < 1.29 is 19.1 Å². The fourth-order valence-corrected chi connectivity index (χ4v) is 0. The van der Waals surface area contributed by atoms with E-state index in [4.69, 9.17) is 9.59 Å². The molecule has 0 amide bonds. The molecule has 0 aromatic heterocycles. The van der Waals surface area contributed by atoms with Crippen molar-refractivity contribution in [3.8, 4) is 0 Å². The second kappa shape index (κ2) is 28.3. The zero-order valence-corrected chi connectivity index (χ0v) is 4.79. The summed E-state index contributed by atoms with van der Waals surface area (Å²) in [5.74, 6) is 0. The lowest BCUT2D eigenvalue weighted by atomic mass is 11.5. The highest BCUT2D eigenvalue weighted by atomic mass is 16.5. The molecule has 0 atom stereocenters. The van der Waals surface area contributed by atoms with Crippen molar-refractivity contribution in [2.24, 2.45) is 0 Å². The zero-order valence-electron chi connectivity index (χ0n) is 4.79. The van der Waals surface area contributed by atoms with E-state index in [1.807, 2.05) is 0 Å².